The summed E-state index contributed by atoms with van der Waals surface area (Å²) in [6.45, 7) is 4.24. The van der Waals surface area contributed by atoms with Crippen molar-refractivity contribution in [1.82, 2.24) is 25.2 Å². The van der Waals surface area contributed by atoms with Crippen LogP contribution in [0.5, 0.6) is 0 Å². The maximum atomic E-state index is 13.3. The number of carboxylic acid groups (broad SMARTS) is 1. The lowest BCUT2D eigenvalue weighted by Gasteiger charge is -2.42. The van der Waals surface area contributed by atoms with Crippen LogP contribution in [0, 0.1) is 11.3 Å². The van der Waals surface area contributed by atoms with Crippen LogP contribution in [0.4, 0.5) is 4.79 Å². The number of hydrogen-bond donors (Lipinski definition) is 4. The summed E-state index contributed by atoms with van der Waals surface area (Å²) in [4.78, 5) is 53.3. The molecule has 1 saturated heterocycles. The summed E-state index contributed by atoms with van der Waals surface area (Å²) in [6, 6.07) is 1.34. The highest BCUT2D eigenvalue weighted by atomic mass is 32.2. The molecule has 14 heteroatoms. The van der Waals surface area contributed by atoms with Gasteiger partial charge in [-0.2, -0.15) is 4.31 Å². The average molecular weight is 694 g/mol. The normalized spacial score (nSPS) is 24.6. The Bertz CT molecular complexity index is 1390. The molecule has 0 bridgehead atoms. The standard InChI is InChI=1S/C33H51N5O7S2/c1-4-5-6-7-9-14-24-21-33(24,30(41)42)36-29(40)25-15-12-19-38(25)27(39)22-34-31(43)35-26(32(2)17-10-8-11-18-32)23-37(3)47(44,45)28-16-13-20-46-28/h9,13-14,16,20,24-26H,4-8,10-12,15,17-19,21-23H2,1-3H3,(H,36,40)(H,41,42)(H2,34,35,43)/b14-9-/t24?,25-,26?,33+/m0/s1. The fraction of sp³-hybridized carbons (Fsp3) is 0.697. The van der Waals surface area contributed by atoms with Crippen molar-refractivity contribution in [3.8, 4) is 0 Å². The van der Waals surface area contributed by atoms with Crippen molar-refractivity contribution in [2.45, 2.75) is 113 Å². The van der Waals surface area contributed by atoms with Crippen LogP contribution in [0.25, 0.3) is 0 Å². The topological polar surface area (TPSA) is 165 Å². The quantitative estimate of drug-likeness (QED) is 0.150. The van der Waals surface area contributed by atoms with Crippen LogP contribution in [-0.2, 0) is 24.4 Å². The first-order valence-electron chi connectivity index (χ1n) is 16.9. The number of carbonyl (C=O) groups excluding carboxylic acids is 3. The third-order valence-corrected chi connectivity index (χ3v) is 13.3. The number of likely N-dealkylation sites (tertiary alicyclic amines) is 1. The van der Waals surface area contributed by atoms with Gasteiger partial charge in [-0.15, -0.1) is 11.3 Å². The molecular weight excluding hydrogens is 643 g/mol. The zero-order valence-electron chi connectivity index (χ0n) is 27.8. The molecule has 4 rings (SSSR count). The second-order valence-electron chi connectivity index (χ2n) is 13.6. The Balaban J connectivity index is 1.34. The summed E-state index contributed by atoms with van der Waals surface area (Å²) < 4.78 is 27.8. The fourth-order valence-electron chi connectivity index (χ4n) is 6.91. The molecule has 2 unspecified atom stereocenters. The Hall–Kier alpha value is -2.97. The van der Waals surface area contributed by atoms with Gasteiger partial charge in [0.25, 0.3) is 10.0 Å². The highest BCUT2D eigenvalue weighted by Crippen LogP contribution is 2.45. The number of unbranched alkanes of at least 4 members (excludes halogenated alkanes) is 3. The molecule has 3 aliphatic rings. The summed E-state index contributed by atoms with van der Waals surface area (Å²) >= 11 is 1.14. The fourth-order valence-corrected chi connectivity index (χ4v) is 9.30. The van der Waals surface area contributed by atoms with Gasteiger partial charge >= 0.3 is 12.0 Å². The number of thiophene rings is 1. The van der Waals surface area contributed by atoms with Gasteiger partial charge in [-0.25, -0.2) is 18.0 Å². The van der Waals surface area contributed by atoms with E-state index < -0.39 is 51.5 Å². The number of nitrogens with zero attached hydrogens (tertiary/aromatic N) is 2. The monoisotopic (exact) mass is 693 g/mol. The number of amides is 4. The molecule has 4 amide bonds. The lowest BCUT2D eigenvalue weighted by molar-refractivity contribution is -0.145. The molecule has 1 aliphatic heterocycles. The number of nitrogens with one attached hydrogen (secondary N) is 3. The van der Waals surface area contributed by atoms with Gasteiger partial charge in [0.1, 0.15) is 15.8 Å². The van der Waals surface area contributed by atoms with Crippen LogP contribution in [0.2, 0.25) is 0 Å². The smallest absolute Gasteiger partial charge is 0.330 e. The zero-order chi connectivity index (χ0) is 34.2. The predicted octanol–water partition coefficient (Wildman–Crippen LogP) is 4.09. The molecule has 2 aliphatic carbocycles. The summed E-state index contributed by atoms with van der Waals surface area (Å²) in [7, 11) is -2.22. The minimum absolute atomic E-state index is 0.0761. The second-order valence-corrected chi connectivity index (χ2v) is 16.8. The SMILES string of the molecule is CCCCC/C=C\C1C[C@]1(NC(=O)[C@@H]1CCCN1C(=O)CNC(=O)NC(CN(C)S(=O)(=O)c1cccs1)C1(C)CCCCC1)C(=O)O. The third-order valence-electron chi connectivity index (χ3n) is 10.1. The van der Waals surface area contributed by atoms with Crippen LogP contribution in [-0.4, -0.2) is 90.8 Å². The van der Waals surface area contributed by atoms with Crippen molar-refractivity contribution in [3.63, 3.8) is 0 Å². The van der Waals surface area contributed by atoms with E-state index in [-0.39, 0.29) is 28.6 Å². The van der Waals surface area contributed by atoms with Gasteiger partial charge in [-0.3, -0.25) is 9.59 Å². The van der Waals surface area contributed by atoms with Crippen LogP contribution in [0.15, 0.2) is 33.9 Å². The number of carbonyl (C=O) groups is 4. The minimum Gasteiger partial charge on any atom is -0.479 e. The van der Waals surface area contributed by atoms with Gasteiger partial charge < -0.3 is 26.0 Å². The zero-order valence-corrected chi connectivity index (χ0v) is 29.5. The van der Waals surface area contributed by atoms with Crippen LogP contribution >= 0.6 is 11.3 Å². The van der Waals surface area contributed by atoms with E-state index in [1.54, 1.807) is 17.5 Å². The molecule has 1 aromatic heterocycles. The van der Waals surface area contributed by atoms with E-state index in [0.717, 1.165) is 69.1 Å². The largest absolute Gasteiger partial charge is 0.479 e. The van der Waals surface area contributed by atoms with Gasteiger partial charge in [0.2, 0.25) is 11.8 Å². The summed E-state index contributed by atoms with van der Waals surface area (Å²) in [6.07, 6.45) is 14.0. The van der Waals surface area contributed by atoms with E-state index in [1.165, 1.54) is 16.3 Å². The first-order chi connectivity index (χ1) is 22.3. The average Bonchev–Trinajstić information content (AvgIpc) is 3.41. The first-order valence-corrected chi connectivity index (χ1v) is 19.2. The lowest BCUT2D eigenvalue weighted by atomic mass is 9.70. The molecule has 4 N–H and O–H groups in total. The van der Waals surface area contributed by atoms with Gasteiger partial charge in [0.05, 0.1) is 6.54 Å². The van der Waals surface area contributed by atoms with E-state index in [1.807, 2.05) is 12.2 Å². The predicted molar refractivity (Wildman–Crippen MR) is 180 cm³/mol. The molecule has 4 atom stereocenters. The summed E-state index contributed by atoms with van der Waals surface area (Å²) in [5.74, 6) is -2.31. The van der Waals surface area contributed by atoms with E-state index in [4.69, 9.17) is 0 Å². The van der Waals surface area contributed by atoms with Gasteiger partial charge in [-0.1, -0.05) is 64.2 Å². The minimum atomic E-state index is -3.73. The van der Waals surface area contributed by atoms with Crippen molar-refractivity contribution in [3.05, 3.63) is 29.7 Å². The van der Waals surface area contributed by atoms with E-state index in [0.29, 0.717) is 25.8 Å². The van der Waals surface area contributed by atoms with Gasteiger partial charge in [0, 0.05) is 32.1 Å². The Morgan fingerprint density at radius 3 is 2.57 bits per heavy atom. The Morgan fingerprint density at radius 2 is 1.91 bits per heavy atom. The first kappa shape index (κ1) is 36.9. The molecule has 2 heterocycles. The molecule has 12 nitrogen and oxygen atoms in total. The highest BCUT2D eigenvalue weighted by molar-refractivity contribution is 7.91. The van der Waals surface area contributed by atoms with E-state index in [9.17, 15) is 32.7 Å². The second kappa shape index (κ2) is 16.0. The third kappa shape index (κ3) is 8.94. The lowest BCUT2D eigenvalue weighted by Crippen LogP contribution is -2.57. The van der Waals surface area contributed by atoms with Crippen molar-refractivity contribution in [1.29, 1.82) is 0 Å². The number of aliphatic carboxylic acids is 1. The van der Waals surface area contributed by atoms with Crippen molar-refractivity contribution < 1.29 is 32.7 Å². The molecule has 0 aromatic carbocycles. The molecule has 0 spiro atoms. The summed E-state index contributed by atoms with van der Waals surface area (Å²) in [5, 5.41) is 20.0. The number of rotatable bonds is 16. The van der Waals surface area contributed by atoms with E-state index >= 15 is 0 Å². The molecule has 3 fully saturated rings. The van der Waals surface area contributed by atoms with Crippen LogP contribution in [0.1, 0.15) is 90.9 Å². The van der Waals surface area contributed by atoms with E-state index in [2.05, 4.69) is 29.8 Å². The molecule has 0 radical (unpaired) electrons. The number of carboxylic acids is 1. The Morgan fingerprint density at radius 1 is 1.17 bits per heavy atom. The van der Waals surface area contributed by atoms with Crippen LogP contribution < -0.4 is 16.0 Å². The highest BCUT2D eigenvalue weighted by Gasteiger charge is 2.61. The number of allylic oxidation sites excluding steroid dienone is 1. The number of hydrogen-bond acceptors (Lipinski definition) is 7. The molecular formula is C33H51N5O7S2. The van der Waals surface area contributed by atoms with Gasteiger partial charge in [0.15, 0.2) is 0 Å². The number of urea groups is 1. The molecule has 47 heavy (non-hydrogen) atoms. The number of sulfonamides is 1. The Kier molecular flexibility index (Phi) is 12.5. The van der Waals surface area contributed by atoms with Crippen LogP contribution in [0.3, 0.4) is 0 Å². The molecule has 262 valence electrons. The van der Waals surface area contributed by atoms with Crippen molar-refractivity contribution >= 4 is 45.2 Å². The van der Waals surface area contributed by atoms with Crippen molar-refractivity contribution in [2.24, 2.45) is 11.3 Å². The molecule has 1 aromatic rings. The summed E-state index contributed by atoms with van der Waals surface area (Å²) in [5.41, 5.74) is -1.69. The van der Waals surface area contributed by atoms with Crippen molar-refractivity contribution in [2.75, 3.05) is 26.7 Å². The van der Waals surface area contributed by atoms with Gasteiger partial charge in [-0.05, 0) is 61.8 Å². The molecule has 2 saturated carbocycles. The Labute approximate surface area is 282 Å². The maximum absolute atomic E-state index is 13.3. The maximum Gasteiger partial charge on any atom is 0.330 e. The number of likely N-dealkylation sites (N-methyl/N-ethyl adjacent to an activating group) is 1.